The fourth-order valence-electron chi connectivity index (χ4n) is 1.60. The highest BCUT2D eigenvalue weighted by molar-refractivity contribution is 5.58. The van der Waals surface area contributed by atoms with Crippen LogP contribution >= 0.6 is 0 Å². The third-order valence-corrected chi connectivity index (χ3v) is 2.61. The molecular weight excluding hydrogens is 214 g/mol. The molecule has 1 aromatic heterocycles. The van der Waals surface area contributed by atoms with E-state index >= 15 is 0 Å². The standard InChI is InChI=1S/C13H15N3O/c1-10-11(2)15-16(13(10)14-9-17-3)12-7-5-4-6-8-12/h4-9H,1-3H3/b14-9-. The predicted molar refractivity (Wildman–Crippen MR) is 68.2 cm³/mol. The van der Waals surface area contributed by atoms with Gasteiger partial charge in [-0.2, -0.15) is 5.10 Å². The molecule has 0 unspecified atom stereocenters. The number of para-hydroxylation sites is 1. The van der Waals surface area contributed by atoms with Crippen molar-refractivity contribution < 1.29 is 4.74 Å². The van der Waals surface area contributed by atoms with E-state index in [9.17, 15) is 0 Å². The Hall–Kier alpha value is -2.10. The molecule has 0 aliphatic heterocycles. The lowest BCUT2D eigenvalue weighted by atomic mass is 10.3. The molecule has 0 N–H and O–H groups in total. The van der Waals surface area contributed by atoms with Crippen molar-refractivity contribution in [1.82, 2.24) is 9.78 Å². The Morgan fingerprint density at radius 3 is 2.59 bits per heavy atom. The van der Waals surface area contributed by atoms with Crippen LogP contribution in [0.4, 0.5) is 5.82 Å². The van der Waals surface area contributed by atoms with Crippen molar-refractivity contribution in [2.45, 2.75) is 13.8 Å². The highest BCUT2D eigenvalue weighted by atomic mass is 16.5. The molecule has 0 aliphatic carbocycles. The van der Waals surface area contributed by atoms with Crippen molar-refractivity contribution >= 4 is 12.2 Å². The summed E-state index contributed by atoms with van der Waals surface area (Å²) in [6.45, 7) is 3.98. The topological polar surface area (TPSA) is 39.4 Å². The molecule has 0 bridgehead atoms. The van der Waals surface area contributed by atoms with E-state index in [-0.39, 0.29) is 0 Å². The van der Waals surface area contributed by atoms with Gasteiger partial charge in [-0.3, -0.25) is 0 Å². The molecule has 0 aliphatic rings. The van der Waals surface area contributed by atoms with Crippen molar-refractivity contribution in [1.29, 1.82) is 0 Å². The lowest BCUT2D eigenvalue weighted by Crippen LogP contribution is -1.96. The minimum Gasteiger partial charge on any atom is -0.486 e. The first kappa shape index (κ1) is 11.4. The largest absolute Gasteiger partial charge is 0.486 e. The second kappa shape index (κ2) is 4.82. The van der Waals surface area contributed by atoms with Crippen LogP contribution < -0.4 is 0 Å². The fraction of sp³-hybridized carbons (Fsp3) is 0.231. The average Bonchev–Trinajstić information content (AvgIpc) is 2.65. The van der Waals surface area contributed by atoms with Crippen LogP contribution in [0.2, 0.25) is 0 Å². The van der Waals surface area contributed by atoms with Gasteiger partial charge in [-0.1, -0.05) is 18.2 Å². The molecule has 4 heteroatoms. The van der Waals surface area contributed by atoms with Gasteiger partial charge in [0.2, 0.25) is 0 Å². The Labute approximate surface area is 101 Å². The van der Waals surface area contributed by atoms with Crippen molar-refractivity contribution in [3.05, 3.63) is 41.6 Å². The van der Waals surface area contributed by atoms with E-state index < -0.39 is 0 Å². The Balaban J connectivity index is 2.54. The van der Waals surface area contributed by atoms with Crippen molar-refractivity contribution in [2.24, 2.45) is 4.99 Å². The summed E-state index contributed by atoms with van der Waals surface area (Å²) in [6.07, 6.45) is 1.42. The lowest BCUT2D eigenvalue weighted by Gasteiger charge is -2.03. The summed E-state index contributed by atoms with van der Waals surface area (Å²) in [7, 11) is 1.58. The summed E-state index contributed by atoms with van der Waals surface area (Å²) >= 11 is 0. The van der Waals surface area contributed by atoms with Crippen LogP contribution in [-0.4, -0.2) is 23.3 Å². The smallest absolute Gasteiger partial charge is 0.175 e. The molecule has 0 atom stereocenters. The van der Waals surface area contributed by atoms with E-state index in [1.54, 1.807) is 7.11 Å². The molecule has 1 aromatic carbocycles. The molecule has 2 rings (SSSR count). The Kier molecular flexibility index (Phi) is 3.23. The van der Waals surface area contributed by atoms with E-state index in [4.69, 9.17) is 4.74 Å². The molecule has 0 fully saturated rings. The maximum atomic E-state index is 4.87. The molecule has 0 saturated heterocycles. The van der Waals surface area contributed by atoms with E-state index in [1.807, 2.05) is 48.9 Å². The van der Waals surface area contributed by atoms with E-state index in [0.29, 0.717) is 0 Å². The number of aryl methyl sites for hydroxylation is 1. The van der Waals surface area contributed by atoms with Crippen LogP contribution in [0.3, 0.4) is 0 Å². The van der Waals surface area contributed by atoms with Crippen LogP contribution in [0.25, 0.3) is 5.69 Å². The van der Waals surface area contributed by atoms with Gasteiger partial charge >= 0.3 is 0 Å². The number of rotatable bonds is 3. The average molecular weight is 229 g/mol. The molecule has 88 valence electrons. The molecule has 2 aromatic rings. The van der Waals surface area contributed by atoms with E-state index in [1.165, 1.54) is 6.40 Å². The number of ether oxygens (including phenoxy) is 1. The summed E-state index contributed by atoms with van der Waals surface area (Å²) < 4.78 is 6.69. The van der Waals surface area contributed by atoms with E-state index in [2.05, 4.69) is 10.1 Å². The monoisotopic (exact) mass is 229 g/mol. The molecular formula is C13H15N3O. The number of methoxy groups -OCH3 is 1. The zero-order chi connectivity index (χ0) is 12.3. The van der Waals surface area contributed by atoms with Crippen LogP contribution in [0, 0.1) is 13.8 Å². The molecule has 0 spiro atoms. The number of aliphatic imine (C=N–C) groups is 1. The first-order chi connectivity index (χ1) is 8.24. The van der Waals surface area contributed by atoms with Gasteiger partial charge in [0.05, 0.1) is 18.5 Å². The zero-order valence-electron chi connectivity index (χ0n) is 10.2. The first-order valence-electron chi connectivity index (χ1n) is 5.41. The lowest BCUT2D eigenvalue weighted by molar-refractivity contribution is 0.423. The van der Waals surface area contributed by atoms with Gasteiger partial charge in [0.25, 0.3) is 0 Å². The van der Waals surface area contributed by atoms with Crippen LogP contribution in [-0.2, 0) is 4.74 Å². The Morgan fingerprint density at radius 2 is 1.94 bits per heavy atom. The van der Waals surface area contributed by atoms with Gasteiger partial charge < -0.3 is 4.74 Å². The molecule has 4 nitrogen and oxygen atoms in total. The quantitative estimate of drug-likeness (QED) is 0.599. The summed E-state index contributed by atoms with van der Waals surface area (Å²) in [5.41, 5.74) is 3.02. The van der Waals surface area contributed by atoms with Gasteiger partial charge in [0.15, 0.2) is 12.2 Å². The van der Waals surface area contributed by atoms with Gasteiger partial charge in [-0.05, 0) is 26.0 Å². The number of nitrogens with zero attached hydrogens (tertiary/aromatic N) is 3. The van der Waals surface area contributed by atoms with Gasteiger partial charge in [0, 0.05) is 5.56 Å². The minimum atomic E-state index is 0.801. The maximum Gasteiger partial charge on any atom is 0.175 e. The summed E-state index contributed by atoms with van der Waals surface area (Å²) in [4.78, 5) is 4.27. The van der Waals surface area contributed by atoms with Gasteiger partial charge in [0.1, 0.15) is 0 Å². The molecule has 0 amide bonds. The van der Waals surface area contributed by atoms with Crippen LogP contribution in [0.1, 0.15) is 11.3 Å². The number of aromatic nitrogens is 2. The second-order valence-electron chi connectivity index (χ2n) is 3.75. The SMILES string of the molecule is CO/C=N\c1c(C)c(C)nn1-c1ccccc1. The van der Waals surface area contributed by atoms with Crippen molar-refractivity contribution in [3.63, 3.8) is 0 Å². The van der Waals surface area contributed by atoms with Crippen LogP contribution in [0.5, 0.6) is 0 Å². The highest BCUT2D eigenvalue weighted by Gasteiger charge is 2.11. The van der Waals surface area contributed by atoms with Crippen molar-refractivity contribution in [2.75, 3.05) is 7.11 Å². The van der Waals surface area contributed by atoms with Gasteiger partial charge in [-0.25, -0.2) is 9.67 Å². The normalized spacial score (nSPS) is 11.0. The zero-order valence-corrected chi connectivity index (χ0v) is 10.2. The molecule has 1 heterocycles. The highest BCUT2D eigenvalue weighted by Crippen LogP contribution is 2.24. The number of hydrogen-bond acceptors (Lipinski definition) is 3. The number of hydrogen-bond donors (Lipinski definition) is 0. The number of benzene rings is 1. The minimum absolute atomic E-state index is 0.801. The van der Waals surface area contributed by atoms with Crippen molar-refractivity contribution in [3.8, 4) is 5.69 Å². The van der Waals surface area contributed by atoms with E-state index in [0.717, 1.165) is 22.8 Å². The summed E-state index contributed by atoms with van der Waals surface area (Å²) in [5, 5.41) is 4.48. The third-order valence-electron chi connectivity index (χ3n) is 2.61. The first-order valence-corrected chi connectivity index (χ1v) is 5.41. The molecule has 17 heavy (non-hydrogen) atoms. The van der Waals surface area contributed by atoms with Crippen LogP contribution in [0.15, 0.2) is 35.3 Å². The summed E-state index contributed by atoms with van der Waals surface area (Å²) in [5.74, 6) is 0.801. The molecule has 0 saturated carbocycles. The van der Waals surface area contributed by atoms with Gasteiger partial charge in [-0.15, -0.1) is 0 Å². The Bertz CT molecular complexity index is 529. The fourth-order valence-corrected chi connectivity index (χ4v) is 1.60. The predicted octanol–water partition coefficient (Wildman–Crippen LogP) is 2.80. The maximum absolute atomic E-state index is 4.87. The Morgan fingerprint density at radius 1 is 1.24 bits per heavy atom. The summed E-state index contributed by atoms with van der Waals surface area (Å²) in [6, 6.07) is 9.93. The molecule has 0 radical (unpaired) electrons. The third kappa shape index (κ3) is 2.20. The second-order valence-corrected chi connectivity index (χ2v) is 3.75.